The number of carbonyl (C=O) groups is 1. The highest BCUT2D eigenvalue weighted by Gasteiger charge is 2.37. The Kier molecular flexibility index (Phi) is 6.93. The zero-order valence-corrected chi connectivity index (χ0v) is 19.7. The van der Waals surface area contributed by atoms with Crippen LogP contribution in [0.3, 0.4) is 0 Å². The molecule has 9 heteroatoms. The van der Waals surface area contributed by atoms with Gasteiger partial charge in [0.05, 0.1) is 30.8 Å². The Bertz CT molecular complexity index is 1260. The molecule has 1 N–H and O–H groups in total. The number of anilines is 1. The Balaban J connectivity index is 1.47. The van der Waals surface area contributed by atoms with Crippen molar-refractivity contribution in [3.8, 4) is 17.2 Å². The quantitative estimate of drug-likeness (QED) is 0.496. The van der Waals surface area contributed by atoms with Crippen LogP contribution in [0.25, 0.3) is 0 Å². The van der Waals surface area contributed by atoms with Crippen LogP contribution < -0.4 is 23.8 Å². The summed E-state index contributed by atoms with van der Waals surface area (Å²) in [6, 6.07) is 20.6. The second kappa shape index (κ2) is 10.0. The summed E-state index contributed by atoms with van der Waals surface area (Å²) in [7, 11) is -2.34. The molecule has 178 valence electrons. The van der Waals surface area contributed by atoms with E-state index in [1.807, 2.05) is 25.1 Å². The fourth-order valence-electron chi connectivity index (χ4n) is 3.63. The minimum absolute atomic E-state index is 0.146. The lowest BCUT2D eigenvalue weighted by atomic mass is 10.1. The first-order valence-electron chi connectivity index (χ1n) is 10.8. The number of para-hydroxylation sites is 2. The van der Waals surface area contributed by atoms with Crippen LogP contribution in [-0.2, 0) is 14.8 Å². The number of rotatable bonds is 8. The van der Waals surface area contributed by atoms with Crippen LogP contribution >= 0.6 is 0 Å². The molecule has 1 aliphatic rings. The molecule has 4 rings (SSSR count). The molecule has 0 spiro atoms. The number of ether oxygens (including phenoxy) is 3. The number of hydrogen-bond donors (Lipinski definition) is 1. The van der Waals surface area contributed by atoms with E-state index >= 15 is 0 Å². The minimum atomic E-state index is -3.89. The summed E-state index contributed by atoms with van der Waals surface area (Å²) in [4.78, 5) is 13.0. The van der Waals surface area contributed by atoms with Gasteiger partial charge in [-0.25, -0.2) is 8.42 Å². The van der Waals surface area contributed by atoms with Gasteiger partial charge in [0, 0.05) is 0 Å². The minimum Gasteiger partial charge on any atom is -0.493 e. The van der Waals surface area contributed by atoms with Gasteiger partial charge in [0.15, 0.2) is 17.6 Å². The normalized spacial score (nSPS) is 15.1. The van der Waals surface area contributed by atoms with E-state index < -0.39 is 22.0 Å². The number of nitrogens with zero attached hydrogens (tertiary/aromatic N) is 1. The second-order valence-electron chi connectivity index (χ2n) is 7.72. The van der Waals surface area contributed by atoms with E-state index in [0.29, 0.717) is 22.9 Å². The predicted molar refractivity (Wildman–Crippen MR) is 128 cm³/mol. The molecule has 0 bridgehead atoms. The number of hydrogen-bond acceptors (Lipinski definition) is 6. The molecule has 0 aliphatic carbocycles. The molecule has 0 radical (unpaired) electrons. The first-order chi connectivity index (χ1) is 16.4. The lowest BCUT2D eigenvalue weighted by Gasteiger charge is -2.35. The summed E-state index contributed by atoms with van der Waals surface area (Å²) in [5.74, 6) is 1.07. The van der Waals surface area contributed by atoms with E-state index in [1.54, 1.807) is 49.6 Å². The third-order valence-corrected chi connectivity index (χ3v) is 7.13. The highest BCUT2D eigenvalue weighted by molar-refractivity contribution is 7.92. The van der Waals surface area contributed by atoms with Gasteiger partial charge in [0.25, 0.3) is 15.9 Å². The molecule has 1 amide bonds. The zero-order valence-electron chi connectivity index (χ0n) is 18.9. The molecule has 0 saturated carbocycles. The average Bonchev–Trinajstić information content (AvgIpc) is 2.86. The van der Waals surface area contributed by atoms with Crippen LogP contribution in [0.15, 0.2) is 77.7 Å². The molecule has 1 aliphatic heterocycles. The van der Waals surface area contributed by atoms with Crippen molar-refractivity contribution in [1.82, 2.24) is 5.32 Å². The Morgan fingerprint density at radius 1 is 1.06 bits per heavy atom. The van der Waals surface area contributed by atoms with Gasteiger partial charge in [-0.1, -0.05) is 36.4 Å². The van der Waals surface area contributed by atoms with Gasteiger partial charge in [-0.2, -0.15) is 0 Å². The van der Waals surface area contributed by atoms with Crippen LogP contribution in [-0.4, -0.2) is 47.2 Å². The number of carbonyl (C=O) groups excluding carboxylic acids is 1. The highest BCUT2D eigenvalue weighted by Crippen LogP contribution is 2.37. The molecule has 34 heavy (non-hydrogen) atoms. The van der Waals surface area contributed by atoms with Gasteiger partial charge in [0.2, 0.25) is 0 Å². The van der Waals surface area contributed by atoms with Gasteiger partial charge < -0.3 is 19.5 Å². The molecule has 8 nitrogen and oxygen atoms in total. The number of amides is 1. The number of fused-ring (bicyclic) bond motifs is 1. The van der Waals surface area contributed by atoms with Crippen molar-refractivity contribution in [2.75, 3.05) is 31.1 Å². The van der Waals surface area contributed by atoms with Gasteiger partial charge in [0.1, 0.15) is 12.4 Å². The molecule has 0 aromatic heterocycles. The number of benzene rings is 3. The monoisotopic (exact) mass is 482 g/mol. The first kappa shape index (κ1) is 23.4. The van der Waals surface area contributed by atoms with Crippen molar-refractivity contribution < 1.29 is 27.4 Å². The fourth-order valence-corrected chi connectivity index (χ4v) is 5.12. The van der Waals surface area contributed by atoms with E-state index in [-0.39, 0.29) is 24.6 Å². The van der Waals surface area contributed by atoms with Gasteiger partial charge in [-0.05, 0) is 48.9 Å². The van der Waals surface area contributed by atoms with E-state index in [1.165, 1.54) is 16.4 Å². The van der Waals surface area contributed by atoms with E-state index in [4.69, 9.17) is 14.2 Å². The van der Waals surface area contributed by atoms with Crippen LogP contribution in [0.5, 0.6) is 17.2 Å². The molecule has 3 aromatic carbocycles. The Hall–Kier alpha value is -3.72. The third-order valence-electron chi connectivity index (χ3n) is 5.34. The van der Waals surface area contributed by atoms with Crippen molar-refractivity contribution in [2.24, 2.45) is 0 Å². The van der Waals surface area contributed by atoms with Crippen molar-refractivity contribution in [2.45, 2.75) is 17.9 Å². The molecular formula is C25H26N2O6S. The number of nitrogens with one attached hydrogen (secondary N) is 1. The van der Waals surface area contributed by atoms with Crippen molar-refractivity contribution in [1.29, 1.82) is 0 Å². The lowest BCUT2D eigenvalue weighted by Crippen LogP contribution is -2.51. The third kappa shape index (κ3) is 4.94. The number of sulfonamides is 1. The molecule has 1 atom stereocenters. The second-order valence-corrected chi connectivity index (χ2v) is 9.58. The largest absolute Gasteiger partial charge is 0.493 e. The van der Waals surface area contributed by atoms with Crippen LogP contribution in [0.4, 0.5) is 5.69 Å². The molecule has 0 fully saturated rings. The van der Waals surface area contributed by atoms with Crippen LogP contribution in [0.1, 0.15) is 5.56 Å². The molecule has 0 unspecified atom stereocenters. The predicted octanol–water partition coefficient (Wildman–Crippen LogP) is 3.16. The van der Waals surface area contributed by atoms with E-state index in [9.17, 15) is 13.2 Å². The first-order valence-corrected chi connectivity index (χ1v) is 12.2. The maximum absolute atomic E-state index is 13.4. The highest BCUT2D eigenvalue weighted by atomic mass is 32.2. The van der Waals surface area contributed by atoms with E-state index in [0.717, 1.165) is 5.56 Å². The summed E-state index contributed by atoms with van der Waals surface area (Å²) in [5, 5.41) is 2.76. The average molecular weight is 483 g/mol. The number of methoxy groups -OCH3 is 1. The maximum atomic E-state index is 13.4. The molecule has 3 aromatic rings. The molecule has 1 heterocycles. The summed E-state index contributed by atoms with van der Waals surface area (Å²) in [6.45, 7) is 2.14. The van der Waals surface area contributed by atoms with Crippen molar-refractivity contribution >= 4 is 21.6 Å². The fraction of sp³-hybridized carbons (Fsp3) is 0.240. The van der Waals surface area contributed by atoms with Crippen LogP contribution in [0, 0.1) is 6.92 Å². The van der Waals surface area contributed by atoms with Crippen molar-refractivity contribution in [3.05, 3.63) is 78.4 Å². The van der Waals surface area contributed by atoms with Gasteiger partial charge in [-0.15, -0.1) is 0 Å². The topological polar surface area (TPSA) is 94.2 Å². The summed E-state index contributed by atoms with van der Waals surface area (Å²) in [5.41, 5.74) is 1.29. The van der Waals surface area contributed by atoms with Gasteiger partial charge >= 0.3 is 0 Å². The van der Waals surface area contributed by atoms with Gasteiger partial charge in [-0.3, -0.25) is 9.10 Å². The number of aryl methyl sites for hydroxylation is 1. The zero-order chi connectivity index (χ0) is 24.1. The Morgan fingerprint density at radius 2 is 1.76 bits per heavy atom. The Morgan fingerprint density at radius 3 is 2.50 bits per heavy atom. The summed E-state index contributed by atoms with van der Waals surface area (Å²) >= 11 is 0. The standard InChI is InChI=1S/C25H26N2O6S/c1-18-12-13-21-20(16-18)27(34(29,30)19-8-4-3-5-9-19)17-24(33-21)25(28)26-14-15-32-23-11-7-6-10-22(23)31-2/h3-13,16,24H,14-15,17H2,1-2H3,(H,26,28)/t24-/m0/s1. The van der Waals surface area contributed by atoms with Crippen LogP contribution in [0.2, 0.25) is 0 Å². The molecule has 0 saturated heterocycles. The van der Waals surface area contributed by atoms with Crippen molar-refractivity contribution in [3.63, 3.8) is 0 Å². The maximum Gasteiger partial charge on any atom is 0.264 e. The summed E-state index contributed by atoms with van der Waals surface area (Å²) < 4.78 is 44.9. The SMILES string of the molecule is COc1ccccc1OCCNC(=O)[C@@H]1CN(S(=O)(=O)c2ccccc2)c2cc(C)ccc2O1. The van der Waals surface area contributed by atoms with E-state index in [2.05, 4.69) is 5.32 Å². The Labute approximate surface area is 199 Å². The smallest absolute Gasteiger partial charge is 0.264 e. The molecular weight excluding hydrogens is 456 g/mol. The summed E-state index contributed by atoms with van der Waals surface area (Å²) in [6.07, 6.45) is -1.01. The lowest BCUT2D eigenvalue weighted by molar-refractivity contribution is -0.127.